The van der Waals surface area contributed by atoms with Crippen LogP contribution in [0.15, 0.2) is 23.0 Å². The number of carboxylic acid groups (broad SMARTS) is 1. The lowest BCUT2D eigenvalue weighted by Gasteiger charge is -2.47. The molecule has 13 heteroatoms. The van der Waals surface area contributed by atoms with Gasteiger partial charge in [0.2, 0.25) is 5.95 Å². The topological polar surface area (TPSA) is 166 Å². The minimum absolute atomic E-state index is 0.0114. The van der Waals surface area contributed by atoms with Crippen molar-refractivity contribution in [3.63, 3.8) is 0 Å². The van der Waals surface area contributed by atoms with Crippen molar-refractivity contribution in [1.29, 1.82) is 5.26 Å². The van der Waals surface area contributed by atoms with Crippen molar-refractivity contribution in [2.24, 2.45) is 5.41 Å². The molecule has 39 heavy (non-hydrogen) atoms. The van der Waals surface area contributed by atoms with Crippen LogP contribution in [-0.2, 0) is 0 Å². The largest absolute Gasteiger partial charge is 0.465 e. The molecule has 0 spiro atoms. The van der Waals surface area contributed by atoms with E-state index in [1.165, 1.54) is 9.58 Å². The van der Waals surface area contributed by atoms with Crippen molar-refractivity contribution in [3.05, 3.63) is 50.7 Å². The molecule has 0 saturated carbocycles. The number of amides is 1. The van der Waals surface area contributed by atoms with Gasteiger partial charge in [-0.1, -0.05) is 45.4 Å². The molecular formula is C26H32ClN9O3. The summed E-state index contributed by atoms with van der Waals surface area (Å²) < 4.78 is 1.50. The minimum atomic E-state index is -1.00. The zero-order chi connectivity index (χ0) is 28.6. The number of halogens is 1. The number of fused-ring (bicyclic) bond motifs is 1. The Hall–Kier alpha value is -4.11. The summed E-state index contributed by atoms with van der Waals surface area (Å²) in [5.74, 6) is 0.634. The first-order valence-corrected chi connectivity index (χ1v) is 13.0. The van der Waals surface area contributed by atoms with Crippen molar-refractivity contribution in [2.75, 3.05) is 35.7 Å². The Kier molecular flexibility index (Phi) is 7.57. The number of nitrogens with zero attached hydrogens (tertiary/aromatic N) is 7. The van der Waals surface area contributed by atoms with Gasteiger partial charge in [0, 0.05) is 6.54 Å². The number of piperazine rings is 1. The molecule has 2 unspecified atom stereocenters. The molecule has 4 rings (SSSR count). The van der Waals surface area contributed by atoms with E-state index in [0.29, 0.717) is 23.5 Å². The molecule has 3 heterocycles. The van der Waals surface area contributed by atoms with Crippen molar-refractivity contribution < 1.29 is 9.90 Å². The lowest BCUT2D eigenvalue weighted by Crippen LogP contribution is -2.64. The second-order valence-electron chi connectivity index (χ2n) is 10.6. The SMILES string of the molecule is CCC(Nc1nc(N)nc(C)c1C#N)c1nc2cccc(Cl)c2c(=O)n1N1CCN(C(=O)O)C(C(C)(C)C)C1. The lowest BCUT2D eigenvalue weighted by atomic mass is 9.84. The third kappa shape index (κ3) is 5.27. The van der Waals surface area contributed by atoms with Crippen LogP contribution in [0, 0.1) is 23.7 Å². The molecule has 1 aliphatic rings. The summed E-state index contributed by atoms with van der Waals surface area (Å²) in [5, 5.41) is 25.2. The zero-order valence-corrected chi connectivity index (χ0v) is 23.3. The summed E-state index contributed by atoms with van der Waals surface area (Å²) in [4.78, 5) is 40.7. The van der Waals surface area contributed by atoms with Gasteiger partial charge < -0.3 is 26.1 Å². The molecule has 206 valence electrons. The Morgan fingerprint density at radius 3 is 2.64 bits per heavy atom. The van der Waals surface area contributed by atoms with Gasteiger partial charge in [0.15, 0.2) is 5.82 Å². The average Bonchev–Trinajstić information content (AvgIpc) is 2.86. The van der Waals surface area contributed by atoms with Crippen molar-refractivity contribution in [2.45, 2.75) is 53.1 Å². The highest BCUT2D eigenvalue weighted by atomic mass is 35.5. The first kappa shape index (κ1) is 27.9. The van der Waals surface area contributed by atoms with E-state index in [9.17, 15) is 20.0 Å². The highest BCUT2D eigenvalue weighted by molar-refractivity contribution is 6.35. The molecule has 0 bridgehead atoms. The molecule has 2 atom stereocenters. The first-order valence-electron chi connectivity index (χ1n) is 12.6. The van der Waals surface area contributed by atoms with Gasteiger partial charge >= 0.3 is 6.09 Å². The van der Waals surface area contributed by atoms with Gasteiger partial charge in [-0.3, -0.25) is 4.79 Å². The van der Waals surface area contributed by atoms with E-state index in [0.717, 1.165) is 0 Å². The molecule has 1 aromatic carbocycles. The number of hydrogen-bond donors (Lipinski definition) is 3. The minimum Gasteiger partial charge on any atom is -0.465 e. The van der Waals surface area contributed by atoms with Gasteiger partial charge in [0.25, 0.3) is 5.56 Å². The van der Waals surface area contributed by atoms with Gasteiger partial charge in [0.1, 0.15) is 17.5 Å². The van der Waals surface area contributed by atoms with Crippen molar-refractivity contribution in [3.8, 4) is 6.07 Å². The molecular weight excluding hydrogens is 522 g/mol. The smallest absolute Gasteiger partial charge is 0.407 e. The van der Waals surface area contributed by atoms with Gasteiger partial charge in [0.05, 0.1) is 46.8 Å². The predicted molar refractivity (Wildman–Crippen MR) is 149 cm³/mol. The van der Waals surface area contributed by atoms with Gasteiger partial charge in [-0.15, -0.1) is 0 Å². The normalized spacial score (nSPS) is 16.7. The molecule has 12 nitrogen and oxygen atoms in total. The summed E-state index contributed by atoms with van der Waals surface area (Å²) in [6.07, 6.45) is -0.528. The quantitative estimate of drug-likeness (QED) is 0.425. The Labute approximate surface area is 231 Å². The number of rotatable bonds is 5. The number of benzene rings is 1. The highest BCUT2D eigenvalue weighted by Crippen LogP contribution is 2.30. The van der Waals surface area contributed by atoms with Crippen LogP contribution in [0.25, 0.3) is 10.9 Å². The van der Waals surface area contributed by atoms with E-state index in [1.54, 1.807) is 25.1 Å². The third-order valence-electron chi connectivity index (χ3n) is 6.99. The zero-order valence-electron chi connectivity index (χ0n) is 22.6. The molecule has 1 amide bonds. The maximum absolute atomic E-state index is 14.1. The lowest BCUT2D eigenvalue weighted by molar-refractivity contribution is 0.0683. The Balaban J connectivity index is 1.91. The van der Waals surface area contributed by atoms with E-state index in [2.05, 4.69) is 21.4 Å². The molecule has 0 radical (unpaired) electrons. The maximum Gasteiger partial charge on any atom is 0.407 e. The van der Waals surface area contributed by atoms with Crippen LogP contribution in [0.2, 0.25) is 5.02 Å². The van der Waals surface area contributed by atoms with Crippen LogP contribution in [0.5, 0.6) is 0 Å². The van der Waals surface area contributed by atoms with E-state index in [-0.39, 0.29) is 52.9 Å². The first-order chi connectivity index (χ1) is 18.4. The number of anilines is 2. The number of nitrogens with one attached hydrogen (secondary N) is 1. The average molecular weight is 554 g/mol. The number of carbonyl (C=O) groups is 1. The summed E-state index contributed by atoms with van der Waals surface area (Å²) in [6, 6.07) is 6.24. The molecule has 0 aliphatic carbocycles. The van der Waals surface area contributed by atoms with Crippen LogP contribution in [0.4, 0.5) is 16.6 Å². The van der Waals surface area contributed by atoms with Gasteiger partial charge in [-0.25, -0.2) is 19.4 Å². The van der Waals surface area contributed by atoms with Crippen LogP contribution >= 0.6 is 11.6 Å². The van der Waals surface area contributed by atoms with Crippen LogP contribution in [-0.4, -0.2) is 61.4 Å². The standard InChI is InChI=1S/C26H32ClN9O3/c1-6-17(31-21-15(12-28)14(2)30-24(29)33-21)22-32-18-9-7-8-16(27)20(18)23(37)36(22)34-10-11-35(25(38)39)19(13-34)26(3,4)5/h7-9,17,19H,6,10-11,13H2,1-5H3,(H,38,39)(H3,29,30,31,33). The fourth-order valence-electron chi connectivity index (χ4n) is 4.96. The number of aromatic nitrogens is 4. The second-order valence-corrected chi connectivity index (χ2v) is 11.0. The molecule has 1 saturated heterocycles. The predicted octanol–water partition coefficient (Wildman–Crippen LogP) is 3.51. The highest BCUT2D eigenvalue weighted by Gasteiger charge is 2.39. The number of nitrogens with two attached hydrogens (primary N) is 1. The van der Waals surface area contributed by atoms with Gasteiger partial charge in [-0.05, 0) is 30.9 Å². The fourth-order valence-corrected chi connectivity index (χ4v) is 5.22. The third-order valence-corrected chi connectivity index (χ3v) is 7.30. The Morgan fingerprint density at radius 2 is 2.03 bits per heavy atom. The van der Waals surface area contributed by atoms with E-state index < -0.39 is 23.6 Å². The second kappa shape index (κ2) is 10.6. The molecule has 3 aromatic rings. The van der Waals surface area contributed by atoms with Crippen LogP contribution in [0.3, 0.4) is 0 Å². The summed E-state index contributed by atoms with van der Waals surface area (Å²) in [5.41, 5.74) is 6.20. The summed E-state index contributed by atoms with van der Waals surface area (Å²) in [6.45, 7) is 10.2. The molecule has 1 fully saturated rings. The molecule has 2 aromatic heterocycles. The van der Waals surface area contributed by atoms with Crippen LogP contribution < -0.4 is 21.6 Å². The Morgan fingerprint density at radius 1 is 1.31 bits per heavy atom. The molecule has 1 aliphatic heterocycles. The Bertz CT molecular complexity index is 1530. The number of nitrogen functional groups attached to an aromatic ring is 1. The fraction of sp³-hybridized carbons (Fsp3) is 0.462. The van der Waals surface area contributed by atoms with Gasteiger partial charge in [-0.2, -0.15) is 10.2 Å². The van der Waals surface area contributed by atoms with E-state index in [1.807, 2.05) is 32.7 Å². The van der Waals surface area contributed by atoms with E-state index in [4.69, 9.17) is 22.3 Å². The number of hydrogen-bond acceptors (Lipinski definition) is 9. The monoisotopic (exact) mass is 553 g/mol. The molecule has 4 N–H and O–H groups in total. The number of aryl methyl sites for hydroxylation is 1. The van der Waals surface area contributed by atoms with Crippen molar-refractivity contribution >= 4 is 40.4 Å². The number of nitriles is 1. The maximum atomic E-state index is 14.1. The van der Waals surface area contributed by atoms with E-state index >= 15 is 0 Å². The van der Waals surface area contributed by atoms with Crippen LogP contribution in [0.1, 0.15) is 57.2 Å². The summed E-state index contributed by atoms with van der Waals surface area (Å²) in [7, 11) is 0. The summed E-state index contributed by atoms with van der Waals surface area (Å²) >= 11 is 6.47. The van der Waals surface area contributed by atoms with Crippen molar-refractivity contribution in [1.82, 2.24) is 24.5 Å².